The van der Waals surface area contributed by atoms with Crippen LogP contribution < -0.4 is 5.32 Å². The molecule has 1 saturated heterocycles. The third-order valence-electron chi connectivity index (χ3n) is 4.57. The second kappa shape index (κ2) is 9.68. The summed E-state index contributed by atoms with van der Waals surface area (Å²) in [7, 11) is -3.18. The molecule has 1 aliphatic heterocycles. The van der Waals surface area contributed by atoms with E-state index in [0.717, 1.165) is 12.8 Å². The lowest BCUT2D eigenvalue weighted by atomic mass is 10.1. The maximum absolute atomic E-state index is 12.6. The van der Waals surface area contributed by atoms with E-state index in [1.807, 2.05) is 6.92 Å². The number of ether oxygens (including phenoxy) is 1. The molecule has 0 radical (unpaired) electrons. The molecule has 0 spiro atoms. The van der Waals surface area contributed by atoms with Gasteiger partial charge in [-0.05, 0) is 31.9 Å². The third-order valence-corrected chi connectivity index (χ3v) is 6.32. The zero-order valence-corrected chi connectivity index (χ0v) is 17.0. The molecule has 0 aliphatic carbocycles. The first-order chi connectivity index (χ1) is 13.3. The molecule has 1 heterocycles. The highest BCUT2D eigenvalue weighted by atomic mass is 32.2. The number of rotatable bonds is 7. The van der Waals surface area contributed by atoms with Crippen molar-refractivity contribution in [1.29, 1.82) is 0 Å². The molecule has 1 aliphatic rings. The maximum Gasteiger partial charge on any atom is 0.340 e. The highest BCUT2D eigenvalue weighted by Crippen LogP contribution is 2.20. The number of esters is 1. The summed E-state index contributed by atoms with van der Waals surface area (Å²) in [6.45, 7) is 4.15. The Hall–Kier alpha value is -2.42. The van der Waals surface area contributed by atoms with Crippen LogP contribution in [0.15, 0.2) is 24.3 Å². The lowest BCUT2D eigenvalue weighted by molar-refractivity contribution is -0.144. The van der Waals surface area contributed by atoms with E-state index in [1.165, 1.54) is 17.0 Å². The lowest BCUT2D eigenvalue weighted by Gasteiger charge is -2.26. The molecule has 1 atom stereocenters. The van der Waals surface area contributed by atoms with Crippen LogP contribution in [-0.4, -0.2) is 61.8 Å². The van der Waals surface area contributed by atoms with Crippen LogP contribution in [0.3, 0.4) is 0 Å². The van der Waals surface area contributed by atoms with Crippen LogP contribution in [0, 0.1) is 0 Å². The average molecular weight is 410 g/mol. The van der Waals surface area contributed by atoms with Crippen LogP contribution in [0.1, 0.15) is 43.5 Å². The van der Waals surface area contributed by atoms with Gasteiger partial charge in [0.15, 0.2) is 9.84 Å². The molecule has 9 heteroatoms. The van der Waals surface area contributed by atoms with Crippen molar-refractivity contribution in [3.63, 3.8) is 0 Å². The topological polar surface area (TPSA) is 110 Å². The normalized spacial score (nSPS) is 17.7. The number of anilines is 1. The highest BCUT2D eigenvalue weighted by molar-refractivity contribution is 7.91. The van der Waals surface area contributed by atoms with Gasteiger partial charge in [0.2, 0.25) is 0 Å². The summed E-state index contributed by atoms with van der Waals surface area (Å²) in [5.41, 5.74) is 0.337. The van der Waals surface area contributed by atoms with Crippen molar-refractivity contribution in [1.82, 2.24) is 4.90 Å². The number of benzene rings is 1. The smallest absolute Gasteiger partial charge is 0.340 e. The number of hydrogen-bond acceptors (Lipinski definition) is 6. The van der Waals surface area contributed by atoms with E-state index in [9.17, 15) is 22.8 Å². The standard InChI is InChI=1S/C19H26N2O6S/c1-3-5-11-27-19(24)15-8-6-7-9-16(15)20-17(22)18(23)21(4-2)14-10-12-28(25,26)13-14/h6-9,14H,3-5,10-13H2,1-2H3,(H,20,22). The summed E-state index contributed by atoms with van der Waals surface area (Å²) in [6, 6.07) is 5.77. The van der Waals surface area contributed by atoms with E-state index in [4.69, 9.17) is 4.74 Å². The molecular formula is C19H26N2O6S. The molecule has 2 rings (SSSR count). The van der Waals surface area contributed by atoms with E-state index < -0.39 is 33.7 Å². The van der Waals surface area contributed by atoms with Crippen molar-refractivity contribution >= 4 is 33.3 Å². The van der Waals surface area contributed by atoms with Crippen molar-refractivity contribution in [3.05, 3.63) is 29.8 Å². The van der Waals surface area contributed by atoms with Crippen molar-refractivity contribution < 1.29 is 27.5 Å². The van der Waals surface area contributed by atoms with Gasteiger partial charge in [0.1, 0.15) is 0 Å². The molecule has 0 saturated carbocycles. The molecule has 1 unspecified atom stereocenters. The monoisotopic (exact) mass is 410 g/mol. The Kier molecular flexibility index (Phi) is 7.56. The second-order valence-corrected chi connectivity index (χ2v) is 8.87. The molecular weight excluding hydrogens is 384 g/mol. The fourth-order valence-corrected chi connectivity index (χ4v) is 4.78. The van der Waals surface area contributed by atoms with Gasteiger partial charge in [0.05, 0.1) is 29.4 Å². The number of carbonyl (C=O) groups is 3. The summed E-state index contributed by atoms with van der Waals surface area (Å²) < 4.78 is 28.5. The van der Waals surface area contributed by atoms with Gasteiger partial charge in [-0.2, -0.15) is 0 Å². The summed E-state index contributed by atoms with van der Waals surface area (Å²) in [4.78, 5) is 38.5. The van der Waals surface area contributed by atoms with Gasteiger partial charge in [-0.25, -0.2) is 13.2 Å². The van der Waals surface area contributed by atoms with E-state index in [0.29, 0.717) is 6.42 Å². The number of sulfone groups is 1. The number of likely N-dealkylation sites (N-methyl/N-ethyl adjacent to an activating group) is 1. The first kappa shape index (κ1) is 21.9. The number of amides is 2. The Bertz CT molecular complexity index is 837. The van der Waals surface area contributed by atoms with Crippen LogP contribution in [0.2, 0.25) is 0 Å². The number of nitrogens with zero attached hydrogens (tertiary/aromatic N) is 1. The van der Waals surface area contributed by atoms with Gasteiger partial charge in [0.25, 0.3) is 0 Å². The Morgan fingerprint density at radius 3 is 2.54 bits per heavy atom. The summed E-state index contributed by atoms with van der Waals surface area (Å²) in [6.07, 6.45) is 1.92. The average Bonchev–Trinajstić information content (AvgIpc) is 3.02. The fourth-order valence-electron chi connectivity index (χ4n) is 3.05. The molecule has 0 bridgehead atoms. The summed E-state index contributed by atoms with van der Waals surface area (Å²) in [5, 5.41) is 2.46. The molecule has 28 heavy (non-hydrogen) atoms. The largest absolute Gasteiger partial charge is 0.462 e. The Balaban J connectivity index is 2.09. The molecule has 1 N–H and O–H groups in total. The number of hydrogen-bond donors (Lipinski definition) is 1. The fraction of sp³-hybridized carbons (Fsp3) is 0.526. The van der Waals surface area contributed by atoms with Crippen LogP contribution in [0.5, 0.6) is 0 Å². The van der Waals surface area contributed by atoms with Crippen LogP contribution in [-0.2, 0) is 24.2 Å². The Morgan fingerprint density at radius 1 is 1.21 bits per heavy atom. The van der Waals surface area contributed by atoms with Gasteiger partial charge < -0.3 is 15.0 Å². The lowest BCUT2D eigenvalue weighted by Crippen LogP contribution is -2.46. The van der Waals surface area contributed by atoms with E-state index in [2.05, 4.69) is 5.32 Å². The quantitative estimate of drug-likeness (QED) is 0.415. The van der Waals surface area contributed by atoms with E-state index >= 15 is 0 Å². The molecule has 1 fully saturated rings. The molecule has 8 nitrogen and oxygen atoms in total. The van der Waals surface area contributed by atoms with Gasteiger partial charge >= 0.3 is 17.8 Å². The van der Waals surface area contributed by atoms with Crippen LogP contribution >= 0.6 is 0 Å². The maximum atomic E-state index is 12.6. The number of para-hydroxylation sites is 1. The first-order valence-corrected chi connectivity index (χ1v) is 11.2. The molecule has 1 aromatic carbocycles. The molecule has 1 aromatic rings. The van der Waals surface area contributed by atoms with Gasteiger partial charge in [-0.15, -0.1) is 0 Å². The summed E-state index contributed by atoms with van der Waals surface area (Å²) in [5.74, 6) is -2.44. The van der Waals surface area contributed by atoms with Crippen molar-refractivity contribution in [2.45, 2.75) is 39.2 Å². The predicted octanol–water partition coefficient (Wildman–Crippen LogP) is 1.62. The van der Waals surface area contributed by atoms with E-state index in [-0.39, 0.29) is 35.9 Å². The molecule has 0 aromatic heterocycles. The minimum Gasteiger partial charge on any atom is -0.462 e. The van der Waals surface area contributed by atoms with Gasteiger partial charge in [-0.3, -0.25) is 9.59 Å². The minimum atomic E-state index is -3.18. The molecule has 154 valence electrons. The summed E-state index contributed by atoms with van der Waals surface area (Å²) >= 11 is 0. The zero-order valence-electron chi connectivity index (χ0n) is 16.1. The van der Waals surface area contributed by atoms with E-state index in [1.54, 1.807) is 19.1 Å². The van der Waals surface area contributed by atoms with Crippen molar-refractivity contribution in [2.75, 3.05) is 30.0 Å². The third kappa shape index (κ3) is 5.54. The number of unbranched alkanes of at least 4 members (excludes halogenated alkanes) is 1. The van der Waals surface area contributed by atoms with Crippen LogP contribution in [0.25, 0.3) is 0 Å². The highest BCUT2D eigenvalue weighted by Gasteiger charge is 2.36. The zero-order chi connectivity index (χ0) is 20.7. The van der Waals surface area contributed by atoms with Crippen molar-refractivity contribution in [3.8, 4) is 0 Å². The number of carbonyl (C=O) groups excluding carboxylic acids is 3. The van der Waals surface area contributed by atoms with Gasteiger partial charge in [-0.1, -0.05) is 25.5 Å². The van der Waals surface area contributed by atoms with Crippen LogP contribution in [0.4, 0.5) is 5.69 Å². The number of nitrogens with one attached hydrogen (secondary N) is 1. The van der Waals surface area contributed by atoms with Crippen molar-refractivity contribution in [2.24, 2.45) is 0 Å². The Labute approximate surface area is 165 Å². The first-order valence-electron chi connectivity index (χ1n) is 9.37. The minimum absolute atomic E-state index is 0.00942. The Morgan fingerprint density at radius 2 is 1.93 bits per heavy atom. The van der Waals surface area contributed by atoms with Gasteiger partial charge in [0, 0.05) is 12.6 Å². The SMILES string of the molecule is CCCCOC(=O)c1ccccc1NC(=O)C(=O)N(CC)C1CCS(=O)(=O)C1. The second-order valence-electron chi connectivity index (χ2n) is 6.64. The molecule has 2 amide bonds. The predicted molar refractivity (Wildman–Crippen MR) is 105 cm³/mol.